The molecule has 0 saturated carbocycles. The minimum absolute atomic E-state index is 0.599. The van der Waals surface area contributed by atoms with Gasteiger partial charge in [-0.2, -0.15) is 0 Å². The molecule has 0 spiro atoms. The average molecular weight is 283 g/mol. The lowest BCUT2D eigenvalue weighted by atomic mass is 10.1. The third kappa shape index (κ3) is 5.64. The zero-order valence-corrected chi connectivity index (χ0v) is 12.7. The number of ether oxygens (including phenoxy) is 1. The molecular weight excluding hydrogens is 254 g/mol. The van der Waals surface area contributed by atoms with Crippen LogP contribution < -0.4 is 11.1 Å². The Morgan fingerprint density at radius 2 is 2.15 bits per heavy atom. The molecule has 0 radical (unpaired) electrons. The summed E-state index contributed by atoms with van der Waals surface area (Å²) in [4.78, 5) is 9.24. The molecule has 0 aromatic rings. The molecule has 2 heterocycles. The highest BCUT2D eigenvalue weighted by Gasteiger charge is 2.18. The zero-order chi connectivity index (χ0) is 14.2. The summed E-state index contributed by atoms with van der Waals surface area (Å²) in [5.74, 6) is 1.27. The van der Waals surface area contributed by atoms with Gasteiger partial charge in [0, 0.05) is 32.7 Å². The molecule has 0 aromatic heterocycles. The number of nitrogens with two attached hydrogens (primary N) is 1. The van der Waals surface area contributed by atoms with Crippen molar-refractivity contribution in [3.05, 3.63) is 0 Å². The number of guanidine groups is 1. The second-order valence-electron chi connectivity index (χ2n) is 5.88. The number of hydrogen-bond acceptors (Lipinski definition) is 4. The third-order valence-electron chi connectivity index (χ3n) is 4.07. The van der Waals surface area contributed by atoms with Crippen molar-refractivity contribution in [2.45, 2.75) is 12.8 Å². The van der Waals surface area contributed by atoms with Crippen LogP contribution in [0.5, 0.6) is 0 Å². The van der Waals surface area contributed by atoms with Crippen LogP contribution in [0.25, 0.3) is 0 Å². The molecule has 6 nitrogen and oxygen atoms in total. The van der Waals surface area contributed by atoms with E-state index in [1.807, 2.05) is 0 Å². The van der Waals surface area contributed by atoms with Crippen LogP contribution in [0, 0.1) is 5.92 Å². The van der Waals surface area contributed by atoms with E-state index in [1.54, 1.807) is 0 Å². The minimum atomic E-state index is 0.599. The van der Waals surface area contributed by atoms with E-state index in [2.05, 4.69) is 27.2 Å². The molecule has 1 atom stereocenters. The van der Waals surface area contributed by atoms with Gasteiger partial charge in [-0.25, -0.2) is 0 Å². The first-order valence-corrected chi connectivity index (χ1v) is 7.76. The zero-order valence-electron chi connectivity index (χ0n) is 12.7. The van der Waals surface area contributed by atoms with Crippen LogP contribution in [-0.2, 0) is 4.74 Å². The van der Waals surface area contributed by atoms with Crippen LogP contribution in [0.2, 0.25) is 0 Å². The Labute approximate surface area is 122 Å². The topological polar surface area (TPSA) is 66.1 Å². The van der Waals surface area contributed by atoms with Crippen molar-refractivity contribution >= 4 is 5.96 Å². The van der Waals surface area contributed by atoms with Crippen molar-refractivity contribution in [1.29, 1.82) is 0 Å². The van der Waals surface area contributed by atoms with Gasteiger partial charge in [0.2, 0.25) is 0 Å². The Kier molecular flexibility index (Phi) is 6.56. The van der Waals surface area contributed by atoms with Crippen LogP contribution in [0.3, 0.4) is 0 Å². The average Bonchev–Trinajstić information content (AvgIpc) is 2.88. The molecule has 2 aliphatic heterocycles. The number of nitrogens with zero attached hydrogens (tertiary/aromatic N) is 3. The van der Waals surface area contributed by atoms with Crippen molar-refractivity contribution in [1.82, 2.24) is 15.1 Å². The Morgan fingerprint density at radius 1 is 1.35 bits per heavy atom. The summed E-state index contributed by atoms with van der Waals surface area (Å²) in [5.41, 5.74) is 5.90. The fraction of sp³-hybridized carbons (Fsp3) is 0.929. The number of hydrogen-bond donors (Lipinski definition) is 2. The normalized spacial score (nSPS) is 26.1. The summed E-state index contributed by atoms with van der Waals surface area (Å²) in [6.07, 6.45) is 2.34. The van der Waals surface area contributed by atoms with Crippen molar-refractivity contribution in [2.75, 3.05) is 66.1 Å². The summed E-state index contributed by atoms with van der Waals surface area (Å²) in [7, 11) is 2.16. The van der Waals surface area contributed by atoms with E-state index in [0.29, 0.717) is 11.9 Å². The van der Waals surface area contributed by atoms with E-state index in [1.165, 1.54) is 13.0 Å². The van der Waals surface area contributed by atoms with Crippen molar-refractivity contribution in [2.24, 2.45) is 16.6 Å². The Hall–Kier alpha value is -0.850. The van der Waals surface area contributed by atoms with Crippen LogP contribution in [0.15, 0.2) is 4.99 Å². The molecule has 2 aliphatic rings. The summed E-state index contributed by atoms with van der Waals surface area (Å²) in [5, 5.41) is 3.21. The third-order valence-corrected chi connectivity index (χ3v) is 4.07. The molecule has 3 N–H and O–H groups in total. The first-order valence-electron chi connectivity index (χ1n) is 7.76. The quantitative estimate of drug-likeness (QED) is 0.393. The van der Waals surface area contributed by atoms with Crippen LogP contribution in [0.1, 0.15) is 12.8 Å². The molecule has 2 fully saturated rings. The maximum absolute atomic E-state index is 5.90. The predicted molar refractivity (Wildman–Crippen MR) is 82.0 cm³/mol. The van der Waals surface area contributed by atoms with Crippen molar-refractivity contribution < 1.29 is 4.74 Å². The molecular formula is C14H29N5O. The van der Waals surface area contributed by atoms with Gasteiger partial charge in [-0.05, 0) is 38.9 Å². The van der Waals surface area contributed by atoms with Gasteiger partial charge in [0.15, 0.2) is 5.96 Å². The molecule has 0 amide bonds. The largest absolute Gasteiger partial charge is 0.379 e. The first-order chi connectivity index (χ1) is 9.74. The smallest absolute Gasteiger partial charge is 0.188 e. The number of nitrogens with one attached hydrogen (secondary N) is 1. The highest BCUT2D eigenvalue weighted by atomic mass is 16.5. The van der Waals surface area contributed by atoms with E-state index < -0.39 is 0 Å². The molecule has 0 aromatic carbocycles. The molecule has 2 saturated heterocycles. The van der Waals surface area contributed by atoms with Gasteiger partial charge in [0.05, 0.1) is 13.2 Å². The van der Waals surface area contributed by atoms with Gasteiger partial charge in [-0.15, -0.1) is 0 Å². The number of morpholine rings is 1. The van der Waals surface area contributed by atoms with Gasteiger partial charge >= 0.3 is 0 Å². The van der Waals surface area contributed by atoms with E-state index in [-0.39, 0.29) is 0 Å². The monoisotopic (exact) mass is 283 g/mol. The number of aliphatic imine (C=N–C) groups is 1. The fourth-order valence-electron chi connectivity index (χ4n) is 2.80. The second kappa shape index (κ2) is 8.44. The fourth-order valence-corrected chi connectivity index (χ4v) is 2.80. The lowest BCUT2D eigenvalue weighted by molar-refractivity contribution is 0.0376. The van der Waals surface area contributed by atoms with E-state index in [9.17, 15) is 0 Å². The SMILES string of the molecule is CN1CCC(CN=C(N)NCCCN2CCOCC2)C1. The summed E-state index contributed by atoms with van der Waals surface area (Å²) < 4.78 is 5.33. The minimum Gasteiger partial charge on any atom is -0.379 e. The van der Waals surface area contributed by atoms with Gasteiger partial charge in [0.1, 0.15) is 0 Å². The summed E-state index contributed by atoms with van der Waals surface area (Å²) in [6, 6.07) is 0. The Morgan fingerprint density at radius 3 is 2.85 bits per heavy atom. The van der Waals surface area contributed by atoms with E-state index in [4.69, 9.17) is 10.5 Å². The van der Waals surface area contributed by atoms with Gasteiger partial charge < -0.3 is 20.7 Å². The van der Waals surface area contributed by atoms with Crippen LogP contribution in [0.4, 0.5) is 0 Å². The van der Waals surface area contributed by atoms with E-state index in [0.717, 1.165) is 58.9 Å². The lowest BCUT2D eigenvalue weighted by Crippen LogP contribution is -2.39. The molecule has 6 heteroatoms. The first kappa shape index (κ1) is 15.5. The maximum atomic E-state index is 5.90. The number of likely N-dealkylation sites (tertiary alicyclic amines) is 1. The second-order valence-corrected chi connectivity index (χ2v) is 5.88. The Bertz CT molecular complexity index is 304. The number of rotatable bonds is 6. The summed E-state index contributed by atoms with van der Waals surface area (Å²) >= 11 is 0. The van der Waals surface area contributed by atoms with Gasteiger partial charge in [-0.3, -0.25) is 9.89 Å². The van der Waals surface area contributed by atoms with Gasteiger partial charge in [-0.1, -0.05) is 0 Å². The summed E-state index contributed by atoms with van der Waals surface area (Å²) in [6.45, 7) is 9.04. The van der Waals surface area contributed by atoms with Gasteiger partial charge in [0.25, 0.3) is 0 Å². The molecule has 2 rings (SSSR count). The van der Waals surface area contributed by atoms with Crippen molar-refractivity contribution in [3.8, 4) is 0 Å². The highest BCUT2D eigenvalue weighted by Crippen LogP contribution is 2.13. The van der Waals surface area contributed by atoms with Crippen LogP contribution >= 0.6 is 0 Å². The highest BCUT2D eigenvalue weighted by molar-refractivity contribution is 5.77. The maximum Gasteiger partial charge on any atom is 0.188 e. The molecule has 1 unspecified atom stereocenters. The standard InChI is InChI=1S/C14H29N5O/c1-18-6-3-13(12-18)11-17-14(15)16-4-2-5-19-7-9-20-10-8-19/h13H,2-12H2,1H3,(H3,15,16,17). The molecule has 0 aliphatic carbocycles. The molecule has 20 heavy (non-hydrogen) atoms. The molecule has 116 valence electrons. The Balaban J connectivity index is 1.51. The molecule has 0 bridgehead atoms. The van der Waals surface area contributed by atoms with Crippen LogP contribution in [-0.4, -0.2) is 81.8 Å². The predicted octanol–water partition coefficient (Wildman–Crippen LogP) is -0.435. The lowest BCUT2D eigenvalue weighted by Gasteiger charge is -2.26. The van der Waals surface area contributed by atoms with Crippen molar-refractivity contribution in [3.63, 3.8) is 0 Å². The van der Waals surface area contributed by atoms with E-state index >= 15 is 0 Å².